The SMILES string of the molecule is CCCC[S@+]([O-])c1sc2nc(-c3cccnc3)cc(-c3cncn3C)c2c1N. The second kappa shape index (κ2) is 7.90. The topological polar surface area (TPSA) is 92.7 Å². The number of thiophene rings is 1. The van der Waals surface area contributed by atoms with Crippen LogP contribution in [0.1, 0.15) is 19.8 Å². The van der Waals surface area contributed by atoms with Gasteiger partial charge in [-0.1, -0.05) is 24.7 Å². The molecule has 0 fully saturated rings. The van der Waals surface area contributed by atoms with Gasteiger partial charge in [-0.15, -0.1) is 0 Å². The Balaban J connectivity index is 1.95. The van der Waals surface area contributed by atoms with Gasteiger partial charge in [-0.25, -0.2) is 9.97 Å². The van der Waals surface area contributed by atoms with Crippen molar-refractivity contribution in [3.8, 4) is 22.5 Å². The number of anilines is 1. The van der Waals surface area contributed by atoms with Crippen molar-refractivity contribution in [2.75, 3.05) is 11.5 Å². The third-order valence-corrected chi connectivity index (χ3v) is 7.60. The molecule has 0 aliphatic rings. The Kier molecular flexibility index (Phi) is 5.34. The number of hydrogen-bond acceptors (Lipinski definition) is 6. The molecule has 1 atom stereocenters. The highest BCUT2D eigenvalue weighted by Gasteiger charge is 2.25. The number of hydrogen-bond donors (Lipinski definition) is 1. The standard InChI is InChI=1S/C20H21N5OS2/c1-3-4-8-28(26)20-18(21)17-14(16-11-23-12-25(16)2)9-15(24-19(17)27-20)13-6-5-7-22-10-13/h5-7,9-12H,3-4,8,21H2,1-2H3/t28-/m0/s1. The summed E-state index contributed by atoms with van der Waals surface area (Å²) >= 11 is 0.302. The van der Waals surface area contributed by atoms with Crippen molar-refractivity contribution in [1.29, 1.82) is 0 Å². The molecular weight excluding hydrogens is 390 g/mol. The molecule has 0 aliphatic heterocycles. The minimum atomic E-state index is -1.12. The molecule has 8 heteroatoms. The number of unbranched alkanes of at least 4 members (excludes halogenated alkanes) is 1. The predicted molar refractivity (Wildman–Crippen MR) is 116 cm³/mol. The van der Waals surface area contributed by atoms with Crippen molar-refractivity contribution in [3.05, 3.63) is 43.1 Å². The average Bonchev–Trinajstić information content (AvgIpc) is 3.29. The van der Waals surface area contributed by atoms with E-state index in [1.807, 2.05) is 36.0 Å². The van der Waals surface area contributed by atoms with Crippen molar-refractivity contribution < 1.29 is 4.55 Å². The summed E-state index contributed by atoms with van der Waals surface area (Å²) in [5, 5.41) is 0.848. The molecule has 0 spiro atoms. The van der Waals surface area contributed by atoms with E-state index in [1.54, 1.807) is 18.7 Å². The van der Waals surface area contributed by atoms with Crippen molar-refractivity contribution in [1.82, 2.24) is 19.5 Å². The Morgan fingerprint density at radius 3 is 2.82 bits per heavy atom. The van der Waals surface area contributed by atoms with Gasteiger partial charge >= 0.3 is 0 Å². The van der Waals surface area contributed by atoms with Gasteiger partial charge in [0.25, 0.3) is 0 Å². The number of imidazole rings is 1. The highest BCUT2D eigenvalue weighted by atomic mass is 32.2. The van der Waals surface area contributed by atoms with Crippen LogP contribution in [0.5, 0.6) is 0 Å². The van der Waals surface area contributed by atoms with E-state index in [0.717, 1.165) is 45.6 Å². The van der Waals surface area contributed by atoms with Crippen LogP contribution in [0, 0.1) is 0 Å². The van der Waals surface area contributed by atoms with Crippen LogP contribution in [-0.2, 0) is 18.2 Å². The molecule has 0 aromatic carbocycles. The Bertz CT molecular complexity index is 1110. The first kappa shape index (κ1) is 18.9. The highest BCUT2D eigenvalue weighted by molar-refractivity contribution is 7.93. The summed E-state index contributed by atoms with van der Waals surface area (Å²) < 4.78 is 15.5. The zero-order chi connectivity index (χ0) is 19.7. The first-order chi connectivity index (χ1) is 13.6. The number of nitrogens with two attached hydrogens (primary N) is 1. The van der Waals surface area contributed by atoms with Crippen LogP contribution in [0.25, 0.3) is 32.7 Å². The van der Waals surface area contributed by atoms with E-state index in [0.29, 0.717) is 15.6 Å². The highest BCUT2D eigenvalue weighted by Crippen LogP contribution is 2.43. The molecule has 4 aromatic heterocycles. The van der Waals surface area contributed by atoms with Crippen molar-refractivity contribution in [2.45, 2.75) is 24.0 Å². The maximum atomic E-state index is 12.8. The quantitative estimate of drug-likeness (QED) is 0.479. The van der Waals surface area contributed by atoms with Gasteiger partial charge in [0.15, 0.2) is 0 Å². The number of aryl methyl sites for hydroxylation is 1. The molecule has 0 aliphatic carbocycles. The van der Waals surface area contributed by atoms with Gasteiger partial charge in [-0.05, 0) is 35.8 Å². The number of nitrogens with zero attached hydrogens (tertiary/aromatic N) is 4. The van der Waals surface area contributed by atoms with Crippen LogP contribution in [-0.4, -0.2) is 29.8 Å². The van der Waals surface area contributed by atoms with Gasteiger partial charge < -0.3 is 14.9 Å². The largest absolute Gasteiger partial charge is 0.611 e. The third kappa shape index (κ3) is 3.39. The number of rotatable bonds is 6. The van der Waals surface area contributed by atoms with Crippen LogP contribution in [0.15, 0.2) is 47.3 Å². The van der Waals surface area contributed by atoms with E-state index in [-0.39, 0.29) is 0 Å². The van der Waals surface area contributed by atoms with E-state index in [2.05, 4.69) is 16.9 Å². The minimum Gasteiger partial charge on any atom is -0.611 e. The van der Waals surface area contributed by atoms with Crippen molar-refractivity contribution in [2.24, 2.45) is 7.05 Å². The Hall–Kier alpha value is -2.42. The lowest BCUT2D eigenvalue weighted by Crippen LogP contribution is -2.07. The van der Waals surface area contributed by atoms with E-state index >= 15 is 0 Å². The summed E-state index contributed by atoms with van der Waals surface area (Å²) in [6.07, 6.45) is 9.00. The summed E-state index contributed by atoms with van der Waals surface area (Å²) in [6, 6.07) is 5.88. The molecule has 6 nitrogen and oxygen atoms in total. The van der Waals surface area contributed by atoms with Crippen LogP contribution < -0.4 is 5.73 Å². The summed E-state index contributed by atoms with van der Waals surface area (Å²) in [5.41, 5.74) is 10.7. The zero-order valence-corrected chi connectivity index (χ0v) is 17.4. The summed E-state index contributed by atoms with van der Waals surface area (Å²) in [6.45, 7) is 2.09. The number of nitrogen functional groups attached to an aromatic ring is 1. The normalized spacial score (nSPS) is 12.5. The molecular formula is C20H21N5OS2. The fourth-order valence-corrected chi connectivity index (χ4v) is 5.91. The van der Waals surface area contributed by atoms with Crippen LogP contribution >= 0.6 is 11.3 Å². The van der Waals surface area contributed by atoms with Gasteiger partial charge in [0, 0.05) is 36.0 Å². The molecule has 2 N–H and O–H groups in total. The van der Waals surface area contributed by atoms with Gasteiger partial charge in [0.1, 0.15) is 16.3 Å². The maximum absolute atomic E-state index is 12.8. The van der Waals surface area contributed by atoms with E-state index in [4.69, 9.17) is 10.7 Å². The molecule has 4 aromatic rings. The minimum absolute atomic E-state index is 0.566. The van der Waals surface area contributed by atoms with Crippen LogP contribution in [0.2, 0.25) is 0 Å². The molecule has 4 rings (SSSR count). The Morgan fingerprint density at radius 1 is 1.29 bits per heavy atom. The van der Waals surface area contributed by atoms with Gasteiger partial charge in [0.2, 0.25) is 4.21 Å². The molecule has 0 saturated heterocycles. The van der Waals surface area contributed by atoms with Crippen LogP contribution in [0.3, 0.4) is 0 Å². The number of pyridine rings is 2. The molecule has 28 heavy (non-hydrogen) atoms. The number of aromatic nitrogens is 4. The second-order valence-electron chi connectivity index (χ2n) is 6.57. The van der Waals surface area contributed by atoms with Crippen LogP contribution in [0.4, 0.5) is 5.69 Å². The average molecular weight is 412 g/mol. The summed E-state index contributed by atoms with van der Waals surface area (Å²) in [4.78, 5) is 14.1. The third-order valence-electron chi connectivity index (χ3n) is 4.60. The van der Waals surface area contributed by atoms with Gasteiger partial charge in [-0.3, -0.25) is 4.98 Å². The smallest absolute Gasteiger partial charge is 0.232 e. The maximum Gasteiger partial charge on any atom is 0.232 e. The lowest BCUT2D eigenvalue weighted by molar-refractivity contribution is 0.594. The summed E-state index contributed by atoms with van der Waals surface area (Å²) in [5.74, 6) is 0.615. The number of fused-ring (bicyclic) bond motifs is 1. The molecule has 0 saturated carbocycles. The van der Waals surface area contributed by atoms with E-state index in [1.165, 1.54) is 11.3 Å². The second-order valence-corrected chi connectivity index (χ2v) is 9.34. The fraction of sp³-hybridized carbons (Fsp3) is 0.250. The lowest BCUT2D eigenvalue weighted by atomic mass is 10.1. The molecule has 0 amide bonds. The Morgan fingerprint density at radius 2 is 2.14 bits per heavy atom. The van der Waals surface area contributed by atoms with E-state index in [9.17, 15) is 4.55 Å². The van der Waals surface area contributed by atoms with Crippen molar-refractivity contribution >= 4 is 38.4 Å². The Labute approximate surface area is 170 Å². The summed E-state index contributed by atoms with van der Waals surface area (Å²) in [7, 11) is 1.95. The van der Waals surface area contributed by atoms with E-state index < -0.39 is 11.2 Å². The predicted octanol–water partition coefficient (Wildman–Crippen LogP) is 4.25. The van der Waals surface area contributed by atoms with Crippen molar-refractivity contribution in [3.63, 3.8) is 0 Å². The molecule has 0 bridgehead atoms. The molecule has 0 unspecified atom stereocenters. The monoisotopic (exact) mass is 411 g/mol. The molecule has 144 valence electrons. The lowest BCUT2D eigenvalue weighted by Gasteiger charge is -2.09. The van der Waals surface area contributed by atoms with Gasteiger partial charge in [0.05, 0.1) is 23.9 Å². The zero-order valence-electron chi connectivity index (χ0n) is 15.8. The first-order valence-corrected chi connectivity index (χ1v) is 11.2. The molecule has 0 radical (unpaired) electrons. The fourth-order valence-electron chi connectivity index (χ4n) is 3.12. The van der Waals surface area contributed by atoms with Gasteiger partial charge in [-0.2, -0.15) is 0 Å². The first-order valence-electron chi connectivity index (χ1n) is 9.08. The molecule has 4 heterocycles.